The molecule has 2 rings (SSSR count). The van der Waals surface area contributed by atoms with Crippen LogP contribution in [0.1, 0.15) is 18.7 Å². The maximum absolute atomic E-state index is 5.91. The molecule has 0 aliphatic carbocycles. The molecule has 0 radical (unpaired) electrons. The van der Waals surface area contributed by atoms with Gasteiger partial charge in [0.15, 0.2) is 0 Å². The number of hydrogen-bond donors (Lipinski definition) is 1. The summed E-state index contributed by atoms with van der Waals surface area (Å²) in [6.45, 7) is 4.32. The van der Waals surface area contributed by atoms with Crippen LogP contribution in [0.25, 0.3) is 16.5 Å². The number of likely N-dealkylation sites (N-methyl/N-ethyl adjacent to an activating group) is 1. The zero-order valence-electron chi connectivity index (χ0n) is 11.4. The van der Waals surface area contributed by atoms with E-state index in [0.717, 1.165) is 5.02 Å². The Kier molecular flexibility index (Phi) is 4.81. The molecule has 1 atom stereocenters. The van der Waals surface area contributed by atoms with Crippen molar-refractivity contribution in [1.29, 1.82) is 0 Å². The Balaban J connectivity index is 2.22. The van der Waals surface area contributed by atoms with E-state index in [1.165, 1.54) is 20.9 Å². The van der Waals surface area contributed by atoms with E-state index in [-0.39, 0.29) is 0 Å². The van der Waals surface area contributed by atoms with Crippen LogP contribution in [0.5, 0.6) is 0 Å². The van der Waals surface area contributed by atoms with Crippen molar-refractivity contribution in [1.82, 2.24) is 5.32 Å². The monoisotopic (exact) mass is 291 g/mol. The third-order valence-corrected chi connectivity index (χ3v) is 4.57. The topological polar surface area (TPSA) is 12.0 Å². The first-order valence-corrected chi connectivity index (χ1v) is 7.51. The van der Waals surface area contributed by atoms with Gasteiger partial charge in [-0.05, 0) is 56.8 Å². The van der Waals surface area contributed by atoms with E-state index in [4.69, 9.17) is 11.6 Å². The van der Waals surface area contributed by atoms with Gasteiger partial charge in [0.05, 0.1) is 0 Å². The highest BCUT2D eigenvalue weighted by molar-refractivity contribution is 7.16. The molecule has 1 aromatic carbocycles. The average Bonchev–Trinajstić information content (AvgIpc) is 2.87. The largest absolute Gasteiger partial charge is 0.314 e. The van der Waals surface area contributed by atoms with Gasteiger partial charge in [-0.2, -0.15) is 0 Å². The van der Waals surface area contributed by atoms with Gasteiger partial charge in [0, 0.05) is 20.8 Å². The number of rotatable bonds is 4. The van der Waals surface area contributed by atoms with Gasteiger partial charge < -0.3 is 5.32 Å². The Labute approximate surface area is 123 Å². The van der Waals surface area contributed by atoms with E-state index in [1.807, 2.05) is 19.2 Å². The molecule has 1 nitrogen and oxygen atoms in total. The fourth-order valence-corrected chi connectivity index (χ4v) is 2.93. The minimum absolute atomic E-state index is 0.404. The van der Waals surface area contributed by atoms with Crippen LogP contribution in [0, 0.1) is 0 Å². The highest BCUT2D eigenvalue weighted by atomic mass is 35.5. The number of nitrogens with one attached hydrogen (secondary N) is 1. The molecule has 1 aromatic heterocycles. The van der Waals surface area contributed by atoms with Gasteiger partial charge in [-0.1, -0.05) is 29.3 Å². The van der Waals surface area contributed by atoms with Gasteiger partial charge in [0.2, 0.25) is 0 Å². The van der Waals surface area contributed by atoms with Gasteiger partial charge in [0.1, 0.15) is 0 Å². The molecule has 0 saturated heterocycles. The number of thiophene rings is 1. The molecule has 0 aliphatic heterocycles. The van der Waals surface area contributed by atoms with Crippen LogP contribution in [0.4, 0.5) is 0 Å². The second-order valence-electron chi connectivity index (χ2n) is 4.61. The van der Waals surface area contributed by atoms with E-state index in [2.05, 4.69) is 49.5 Å². The fourth-order valence-electron chi connectivity index (χ4n) is 1.78. The van der Waals surface area contributed by atoms with Crippen molar-refractivity contribution in [2.75, 3.05) is 7.05 Å². The Morgan fingerprint density at radius 2 is 1.89 bits per heavy atom. The van der Waals surface area contributed by atoms with E-state index < -0.39 is 0 Å². The summed E-state index contributed by atoms with van der Waals surface area (Å²) in [5.74, 6) is 0. The Bertz CT molecular complexity index is 569. The summed E-state index contributed by atoms with van der Waals surface area (Å²) in [7, 11) is 1.98. The lowest BCUT2D eigenvalue weighted by atomic mass is 10.1. The van der Waals surface area contributed by atoms with Crippen LogP contribution in [0.2, 0.25) is 5.02 Å². The number of hydrogen-bond acceptors (Lipinski definition) is 2. The van der Waals surface area contributed by atoms with Gasteiger partial charge >= 0.3 is 0 Å². The van der Waals surface area contributed by atoms with Crippen LogP contribution < -0.4 is 5.32 Å². The summed E-state index contributed by atoms with van der Waals surface area (Å²) in [6.07, 6.45) is 2.24. The molecule has 0 aliphatic rings. The smallest absolute Gasteiger partial charge is 0.0406 e. The SMILES string of the molecule is CNC(C)/C(C)=C/c1ccc(-c2ccc(Cl)cc2)s1. The van der Waals surface area contributed by atoms with Crippen molar-refractivity contribution in [3.8, 4) is 10.4 Å². The highest BCUT2D eigenvalue weighted by Gasteiger charge is 2.04. The molecular formula is C16H18ClNS. The minimum Gasteiger partial charge on any atom is -0.314 e. The Morgan fingerprint density at radius 1 is 1.21 bits per heavy atom. The second-order valence-corrected chi connectivity index (χ2v) is 6.16. The standard InChI is InChI=1S/C16H18ClNS/c1-11(12(2)18-3)10-15-8-9-16(19-15)13-4-6-14(17)7-5-13/h4-10,12,18H,1-3H3/b11-10+. The fraction of sp³-hybridized carbons (Fsp3) is 0.250. The lowest BCUT2D eigenvalue weighted by Crippen LogP contribution is -2.21. The summed E-state index contributed by atoms with van der Waals surface area (Å²) in [6, 6.07) is 12.7. The summed E-state index contributed by atoms with van der Waals surface area (Å²) < 4.78 is 0. The zero-order chi connectivity index (χ0) is 13.8. The summed E-state index contributed by atoms with van der Waals surface area (Å²) >= 11 is 7.71. The van der Waals surface area contributed by atoms with E-state index in [1.54, 1.807) is 11.3 Å². The summed E-state index contributed by atoms with van der Waals surface area (Å²) in [5.41, 5.74) is 2.56. The third-order valence-electron chi connectivity index (χ3n) is 3.24. The first-order chi connectivity index (χ1) is 9.10. The van der Waals surface area contributed by atoms with Gasteiger partial charge in [-0.25, -0.2) is 0 Å². The molecule has 0 amide bonds. The van der Waals surface area contributed by atoms with Crippen molar-refractivity contribution < 1.29 is 0 Å². The summed E-state index contributed by atoms with van der Waals surface area (Å²) in [5, 5.41) is 4.03. The van der Waals surface area contributed by atoms with Crippen molar-refractivity contribution in [2.24, 2.45) is 0 Å². The van der Waals surface area contributed by atoms with Gasteiger partial charge in [0.25, 0.3) is 0 Å². The van der Waals surface area contributed by atoms with Crippen molar-refractivity contribution in [3.63, 3.8) is 0 Å². The minimum atomic E-state index is 0.404. The van der Waals surface area contributed by atoms with Crippen molar-refractivity contribution in [3.05, 3.63) is 51.9 Å². The highest BCUT2D eigenvalue weighted by Crippen LogP contribution is 2.30. The molecule has 1 N–H and O–H groups in total. The van der Waals surface area contributed by atoms with Crippen LogP contribution in [-0.2, 0) is 0 Å². The molecule has 0 fully saturated rings. The average molecular weight is 292 g/mol. The predicted molar refractivity (Wildman–Crippen MR) is 86.9 cm³/mol. The second kappa shape index (κ2) is 6.38. The maximum Gasteiger partial charge on any atom is 0.0406 e. The van der Waals surface area contributed by atoms with Crippen LogP contribution in [0.3, 0.4) is 0 Å². The number of benzene rings is 1. The molecule has 100 valence electrons. The summed E-state index contributed by atoms with van der Waals surface area (Å²) in [4.78, 5) is 2.55. The Morgan fingerprint density at radius 3 is 2.53 bits per heavy atom. The lowest BCUT2D eigenvalue weighted by Gasteiger charge is -2.09. The molecule has 19 heavy (non-hydrogen) atoms. The quantitative estimate of drug-likeness (QED) is 0.828. The first-order valence-electron chi connectivity index (χ1n) is 6.31. The number of halogens is 1. The zero-order valence-corrected chi connectivity index (χ0v) is 13.0. The predicted octanol–water partition coefficient (Wildman–Crippen LogP) is 5.08. The third kappa shape index (κ3) is 3.69. The molecule has 3 heteroatoms. The van der Waals surface area contributed by atoms with Crippen LogP contribution >= 0.6 is 22.9 Å². The van der Waals surface area contributed by atoms with E-state index in [9.17, 15) is 0 Å². The first kappa shape index (κ1) is 14.3. The lowest BCUT2D eigenvalue weighted by molar-refractivity contribution is 0.696. The normalized spacial score (nSPS) is 13.6. The molecule has 0 saturated carbocycles. The Hall–Kier alpha value is -1.09. The van der Waals surface area contributed by atoms with E-state index >= 15 is 0 Å². The maximum atomic E-state index is 5.91. The molecule has 1 unspecified atom stereocenters. The molecule has 1 heterocycles. The van der Waals surface area contributed by atoms with Gasteiger partial charge in [-0.15, -0.1) is 11.3 Å². The van der Waals surface area contributed by atoms with Crippen LogP contribution in [0.15, 0.2) is 42.0 Å². The molecule has 0 spiro atoms. The van der Waals surface area contributed by atoms with Crippen molar-refractivity contribution >= 4 is 29.0 Å². The van der Waals surface area contributed by atoms with E-state index in [0.29, 0.717) is 6.04 Å². The van der Waals surface area contributed by atoms with Crippen molar-refractivity contribution in [2.45, 2.75) is 19.9 Å². The van der Waals surface area contributed by atoms with Gasteiger partial charge in [-0.3, -0.25) is 0 Å². The molecular weight excluding hydrogens is 274 g/mol. The molecule has 0 bridgehead atoms. The molecule has 2 aromatic rings. The van der Waals surface area contributed by atoms with Crippen LogP contribution in [-0.4, -0.2) is 13.1 Å².